The van der Waals surface area contributed by atoms with Gasteiger partial charge >= 0.3 is 0 Å². The summed E-state index contributed by atoms with van der Waals surface area (Å²) in [5, 5.41) is 3.49. The van der Waals surface area contributed by atoms with Crippen LogP contribution in [0.1, 0.15) is 45.4 Å². The Bertz CT molecular complexity index is 167. The molecule has 0 aromatic rings. The second kappa shape index (κ2) is 8.04. The summed E-state index contributed by atoms with van der Waals surface area (Å²) in [7, 11) is 1.79. The van der Waals surface area contributed by atoms with Gasteiger partial charge in [0.25, 0.3) is 0 Å². The predicted molar refractivity (Wildman–Crippen MR) is 66.8 cm³/mol. The molecule has 0 spiro atoms. The van der Waals surface area contributed by atoms with Crippen molar-refractivity contribution in [2.75, 3.05) is 33.4 Å². The third kappa shape index (κ3) is 4.81. The first-order valence-corrected chi connectivity index (χ1v) is 6.66. The zero-order chi connectivity index (χ0) is 11.7. The van der Waals surface area contributed by atoms with Crippen molar-refractivity contribution in [2.45, 2.75) is 51.0 Å². The van der Waals surface area contributed by atoms with Crippen LogP contribution in [0.3, 0.4) is 0 Å². The van der Waals surface area contributed by atoms with Gasteiger partial charge in [-0.2, -0.15) is 0 Å². The summed E-state index contributed by atoms with van der Waals surface area (Å²) < 4.78 is 11.0. The van der Waals surface area contributed by atoms with Crippen molar-refractivity contribution in [3.05, 3.63) is 0 Å². The van der Waals surface area contributed by atoms with E-state index in [9.17, 15) is 0 Å². The first kappa shape index (κ1) is 13.9. The van der Waals surface area contributed by atoms with E-state index in [2.05, 4.69) is 12.2 Å². The SMILES string of the molecule is CCCCCCCNCC1(OC)CCOC1. The van der Waals surface area contributed by atoms with Gasteiger partial charge in [0.05, 0.1) is 6.61 Å². The minimum Gasteiger partial charge on any atom is -0.378 e. The second-order valence-corrected chi connectivity index (χ2v) is 4.78. The van der Waals surface area contributed by atoms with Crippen LogP contribution in [0.4, 0.5) is 0 Å². The Kier molecular flexibility index (Phi) is 7.01. The molecule has 1 heterocycles. The van der Waals surface area contributed by atoms with Gasteiger partial charge in [0, 0.05) is 26.7 Å². The molecule has 1 aliphatic heterocycles. The van der Waals surface area contributed by atoms with E-state index in [0.29, 0.717) is 0 Å². The normalized spacial score (nSPS) is 25.1. The van der Waals surface area contributed by atoms with Crippen LogP contribution < -0.4 is 5.32 Å². The minimum absolute atomic E-state index is 0.0522. The molecule has 16 heavy (non-hydrogen) atoms. The Balaban J connectivity index is 1.97. The van der Waals surface area contributed by atoms with E-state index in [1.807, 2.05) is 0 Å². The van der Waals surface area contributed by atoms with Gasteiger partial charge in [0.1, 0.15) is 5.60 Å². The Labute approximate surface area is 99.9 Å². The van der Waals surface area contributed by atoms with E-state index in [1.165, 1.54) is 32.1 Å². The van der Waals surface area contributed by atoms with Gasteiger partial charge in [-0.1, -0.05) is 32.6 Å². The maximum Gasteiger partial charge on any atom is 0.106 e. The van der Waals surface area contributed by atoms with Gasteiger partial charge in [-0.25, -0.2) is 0 Å². The lowest BCUT2D eigenvalue weighted by molar-refractivity contribution is -0.0156. The van der Waals surface area contributed by atoms with Gasteiger partial charge in [0.15, 0.2) is 0 Å². The summed E-state index contributed by atoms with van der Waals surface area (Å²) in [6, 6.07) is 0. The van der Waals surface area contributed by atoms with Crippen molar-refractivity contribution in [3.8, 4) is 0 Å². The highest BCUT2D eigenvalue weighted by Gasteiger charge is 2.34. The topological polar surface area (TPSA) is 30.5 Å². The summed E-state index contributed by atoms with van der Waals surface area (Å²) in [6.45, 7) is 5.87. The quantitative estimate of drug-likeness (QED) is 0.616. The van der Waals surface area contributed by atoms with Gasteiger partial charge in [-0.05, 0) is 13.0 Å². The average molecular weight is 229 g/mol. The molecule has 0 bridgehead atoms. The Morgan fingerprint density at radius 1 is 1.25 bits per heavy atom. The van der Waals surface area contributed by atoms with Crippen molar-refractivity contribution in [1.82, 2.24) is 5.32 Å². The summed E-state index contributed by atoms with van der Waals surface area (Å²) >= 11 is 0. The van der Waals surface area contributed by atoms with Crippen LogP contribution in [0, 0.1) is 0 Å². The summed E-state index contributed by atoms with van der Waals surface area (Å²) in [5.41, 5.74) is -0.0522. The molecule has 1 atom stereocenters. The lowest BCUT2D eigenvalue weighted by Crippen LogP contribution is -2.43. The summed E-state index contributed by atoms with van der Waals surface area (Å²) in [5.74, 6) is 0. The van der Waals surface area contributed by atoms with Crippen molar-refractivity contribution in [3.63, 3.8) is 0 Å². The van der Waals surface area contributed by atoms with E-state index < -0.39 is 0 Å². The molecule has 0 amide bonds. The molecule has 3 nitrogen and oxygen atoms in total. The molecule has 1 aliphatic rings. The fourth-order valence-corrected chi connectivity index (χ4v) is 2.13. The molecule has 0 radical (unpaired) electrons. The number of hydrogen-bond acceptors (Lipinski definition) is 3. The Morgan fingerprint density at radius 2 is 2.06 bits per heavy atom. The lowest BCUT2D eigenvalue weighted by atomic mass is 10.0. The van der Waals surface area contributed by atoms with Crippen LogP contribution in [-0.4, -0.2) is 39.0 Å². The number of nitrogens with one attached hydrogen (secondary N) is 1. The van der Waals surface area contributed by atoms with Crippen LogP contribution >= 0.6 is 0 Å². The molecule has 0 saturated carbocycles. The smallest absolute Gasteiger partial charge is 0.106 e. The highest BCUT2D eigenvalue weighted by Crippen LogP contribution is 2.21. The van der Waals surface area contributed by atoms with Crippen molar-refractivity contribution in [1.29, 1.82) is 0 Å². The van der Waals surface area contributed by atoms with E-state index >= 15 is 0 Å². The Hall–Kier alpha value is -0.120. The van der Waals surface area contributed by atoms with Crippen LogP contribution in [-0.2, 0) is 9.47 Å². The Morgan fingerprint density at radius 3 is 2.69 bits per heavy atom. The van der Waals surface area contributed by atoms with Crippen LogP contribution in [0.15, 0.2) is 0 Å². The molecule has 1 fully saturated rings. The number of rotatable bonds is 9. The van der Waals surface area contributed by atoms with E-state index in [-0.39, 0.29) is 5.60 Å². The molecule has 3 heteroatoms. The second-order valence-electron chi connectivity index (χ2n) is 4.78. The number of unbranched alkanes of at least 4 members (excludes halogenated alkanes) is 4. The summed E-state index contributed by atoms with van der Waals surface area (Å²) in [6.07, 6.45) is 7.70. The molecule has 0 aromatic carbocycles. The predicted octanol–water partition coefficient (Wildman–Crippen LogP) is 2.35. The fraction of sp³-hybridized carbons (Fsp3) is 1.00. The molecule has 0 aromatic heterocycles. The zero-order valence-electron chi connectivity index (χ0n) is 10.9. The molecule has 1 saturated heterocycles. The number of methoxy groups -OCH3 is 1. The lowest BCUT2D eigenvalue weighted by Gasteiger charge is -2.26. The maximum absolute atomic E-state index is 5.56. The number of hydrogen-bond donors (Lipinski definition) is 1. The van der Waals surface area contributed by atoms with Gasteiger partial charge in [0.2, 0.25) is 0 Å². The molecular formula is C13H27NO2. The van der Waals surface area contributed by atoms with Crippen LogP contribution in [0.5, 0.6) is 0 Å². The van der Waals surface area contributed by atoms with Crippen LogP contribution in [0.25, 0.3) is 0 Å². The highest BCUT2D eigenvalue weighted by molar-refractivity contribution is 4.86. The molecule has 1 rings (SSSR count). The van der Waals surface area contributed by atoms with E-state index in [1.54, 1.807) is 7.11 Å². The van der Waals surface area contributed by atoms with E-state index in [4.69, 9.17) is 9.47 Å². The largest absolute Gasteiger partial charge is 0.378 e. The maximum atomic E-state index is 5.56. The monoisotopic (exact) mass is 229 g/mol. The van der Waals surface area contributed by atoms with Crippen LogP contribution in [0.2, 0.25) is 0 Å². The van der Waals surface area contributed by atoms with Gasteiger partial charge in [-0.15, -0.1) is 0 Å². The number of ether oxygens (including phenoxy) is 2. The first-order valence-electron chi connectivity index (χ1n) is 6.66. The third-order valence-corrected chi connectivity index (χ3v) is 3.40. The van der Waals surface area contributed by atoms with Crippen molar-refractivity contribution < 1.29 is 9.47 Å². The average Bonchev–Trinajstić information content (AvgIpc) is 2.77. The third-order valence-electron chi connectivity index (χ3n) is 3.40. The van der Waals surface area contributed by atoms with E-state index in [0.717, 1.165) is 32.7 Å². The fourth-order valence-electron chi connectivity index (χ4n) is 2.13. The molecule has 1 N–H and O–H groups in total. The molecule has 1 unspecified atom stereocenters. The zero-order valence-corrected chi connectivity index (χ0v) is 10.9. The molecule has 96 valence electrons. The van der Waals surface area contributed by atoms with Gasteiger partial charge in [-0.3, -0.25) is 0 Å². The minimum atomic E-state index is -0.0522. The van der Waals surface area contributed by atoms with Crippen molar-refractivity contribution in [2.24, 2.45) is 0 Å². The van der Waals surface area contributed by atoms with Gasteiger partial charge < -0.3 is 14.8 Å². The van der Waals surface area contributed by atoms with Crippen molar-refractivity contribution >= 4 is 0 Å². The standard InChI is InChI=1S/C13H27NO2/c1-3-4-5-6-7-9-14-11-13(15-2)8-10-16-12-13/h14H,3-12H2,1-2H3. The molecular weight excluding hydrogens is 202 g/mol. The summed E-state index contributed by atoms with van der Waals surface area (Å²) in [4.78, 5) is 0. The first-order chi connectivity index (χ1) is 7.83. The highest BCUT2D eigenvalue weighted by atomic mass is 16.5. The molecule has 0 aliphatic carbocycles.